The van der Waals surface area contributed by atoms with Gasteiger partial charge in [-0.2, -0.15) is 0 Å². The fourth-order valence-electron chi connectivity index (χ4n) is 5.70. The van der Waals surface area contributed by atoms with Crippen molar-refractivity contribution in [2.24, 2.45) is 5.41 Å². The Morgan fingerprint density at radius 2 is 1.80 bits per heavy atom. The molecule has 5 nitrogen and oxygen atoms in total. The van der Waals surface area contributed by atoms with Crippen LogP contribution in [0.5, 0.6) is 0 Å². The lowest BCUT2D eigenvalue weighted by molar-refractivity contribution is -0.236. The van der Waals surface area contributed by atoms with Gasteiger partial charge in [-0.3, -0.25) is 9.78 Å². The Balaban J connectivity index is 1.62. The molecule has 1 aromatic heterocycles. The third-order valence-corrected chi connectivity index (χ3v) is 7.20. The number of pyridine rings is 1. The number of hydrogen-bond acceptors (Lipinski definition) is 4. The second kappa shape index (κ2) is 7.03. The lowest BCUT2D eigenvalue weighted by Crippen LogP contribution is -2.62. The summed E-state index contributed by atoms with van der Waals surface area (Å²) in [7, 11) is 0. The van der Waals surface area contributed by atoms with E-state index in [1.165, 1.54) is 0 Å². The van der Waals surface area contributed by atoms with Gasteiger partial charge in [0.1, 0.15) is 0 Å². The van der Waals surface area contributed by atoms with Gasteiger partial charge in [-0.15, -0.1) is 0 Å². The van der Waals surface area contributed by atoms with Crippen LogP contribution in [0.25, 0.3) is 0 Å². The Hall–Kier alpha value is -2.50. The molecular weight excluding hydrogens is 376 g/mol. The van der Waals surface area contributed by atoms with Gasteiger partial charge in [-0.25, -0.2) is 0 Å². The summed E-state index contributed by atoms with van der Waals surface area (Å²) in [5, 5.41) is 0. The minimum atomic E-state index is -0.689. The maximum atomic E-state index is 14.2. The van der Waals surface area contributed by atoms with Crippen molar-refractivity contribution in [3.05, 3.63) is 77.6 Å². The second-order valence-electron chi connectivity index (χ2n) is 9.01. The summed E-state index contributed by atoms with van der Waals surface area (Å²) >= 11 is 0. The number of aromatic nitrogens is 1. The summed E-state index contributed by atoms with van der Waals surface area (Å²) in [6.45, 7) is 6.70. The third kappa shape index (κ3) is 2.69. The van der Waals surface area contributed by atoms with E-state index < -0.39 is 16.6 Å². The lowest BCUT2D eigenvalue weighted by Gasteiger charge is -2.57. The quantitative estimate of drug-likeness (QED) is 0.729. The first kappa shape index (κ1) is 19.5. The van der Waals surface area contributed by atoms with Crippen LogP contribution < -0.4 is 0 Å². The highest BCUT2D eigenvalue weighted by atomic mass is 16.7. The van der Waals surface area contributed by atoms with Crippen LogP contribution in [0, 0.1) is 5.41 Å². The summed E-state index contributed by atoms with van der Waals surface area (Å²) in [6, 6.07) is 14.2. The van der Waals surface area contributed by atoms with Gasteiger partial charge in [0.2, 0.25) is 5.91 Å². The van der Waals surface area contributed by atoms with Crippen LogP contribution >= 0.6 is 0 Å². The number of amides is 1. The molecule has 156 valence electrons. The molecule has 3 aliphatic rings. The monoisotopic (exact) mass is 404 g/mol. The average molecular weight is 405 g/mol. The third-order valence-electron chi connectivity index (χ3n) is 7.20. The van der Waals surface area contributed by atoms with Crippen LogP contribution in [0.2, 0.25) is 0 Å². The number of carbonyl (C=O) groups is 1. The predicted octanol–water partition coefficient (Wildman–Crippen LogP) is 3.85. The summed E-state index contributed by atoms with van der Waals surface area (Å²) in [5.41, 5.74) is 2.12. The number of fused-ring (bicyclic) bond motifs is 1. The zero-order valence-electron chi connectivity index (χ0n) is 17.6. The van der Waals surface area contributed by atoms with Crippen molar-refractivity contribution in [2.75, 3.05) is 19.8 Å². The predicted molar refractivity (Wildman–Crippen MR) is 114 cm³/mol. The Bertz CT molecular complexity index is 964. The van der Waals surface area contributed by atoms with Gasteiger partial charge >= 0.3 is 0 Å². The Labute approximate surface area is 177 Å². The summed E-state index contributed by atoms with van der Waals surface area (Å²) in [6.07, 6.45) is 7.21. The molecule has 1 unspecified atom stereocenters. The van der Waals surface area contributed by atoms with E-state index in [1.54, 1.807) is 6.20 Å². The molecule has 1 atom stereocenters. The van der Waals surface area contributed by atoms with Gasteiger partial charge in [0.25, 0.3) is 0 Å². The highest BCUT2D eigenvalue weighted by molar-refractivity contribution is 5.94. The maximum Gasteiger partial charge on any atom is 0.237 e. The molecule has 0 radical (unpaired) electrons. The Morgan fingerprint density at radius 3 is 2.50 bits per heavy atom. The first-order valence-electron chi connectivity index (χ1n) is 10.7. The zero-order chi connectivity index (χ0) is 20.8. The molecule has 5 heteroatoms. The van der Waals surface area contributed by atoms with Gasteiger partial charge in [0.05, 0.1) is 18.6 Å². The summed E-state index contributed by atoms with van der Waals surface area (Å²) in [5.74, 6) is -0.487. The first-order chi connectivity index (χ1) is 14.5. The topological polar surface area (TPSA) is 51.7 Å². The van der Waals surface area contributed by atoms with E-state index in [2.05, 4.69) is 37.0 Å². The molecule has 1 aromatic carbocycles. The van der Waals surface area contributed by atoms with E-state index in [0.29, 0.717) is 39.1 Å². The molecule has 1 saturated heterocycles. The molecule has 1 aliphatic carbocycles. The van der Waals surface area contributed by atoms with Crippen LogP contribution in [-0.2, 0) is 26.2 Å². The fourth-order valence-corrected chi connectivity index (χ4v) is 5.70. The van der Waals surface area contributed by atoms with E-state index >= 15 is 0 Å². The van der Waals surface area contributed by atoms with Gasteiger partial charge < -0.3 is 14.4 Å². The molecule has 0 bridgehead atoms. The van der Waals surface area contributed by atoms with Crippen LogP contribution in [0.1, 0.15) is 37.8 Å². The smallest absolute Gasteiger partial charge is 0.237 e. The van der Waals surface area contributed by atoms with Crippen LogP contribution in [0.4, 0.5) is 0 Å². The van der Waals surface area contributed by atoms with Gasteiger partial charge in [-0.05, 0) is 29.2 Å². The fraction of sp³-hybridized carbons (Fsp3) is 0.440. The lowest BCUT2D eigenvalue weighted by atomic mass is 9.53. The number of benzene rings is 1. The van der Waals surface area contributed by atoms with Crippen molar-refractivity contribution in [3.8, 4) is 0 Å². The van der Waals surface area contributed by atoms with Gasteiger partial charge in [0, 0.05) is 37.3 Å². The van der Waals surface area contributed by atoms with Crippen LogP contribution in [0.15, 0.2) is 66.5 Å². The first-order valence-corrected chi connectivity index (χ1v) is 10.7. The van der Waals surface area contributed by atoms with Crippen LogP contribution in [-0.4, -0.2) is 41.3 Å². The Morgan fingerprint density at radius 1 is 1.03 bits per heavy atom. The maximum absolute atomic E-state index is 14.2. The number of carbonyl (C=O) groups excluding carboxylic acids is 1. The van der Waals surface area contributed by atoms with Crippen molar-refractivity contribution in [2.45, 2.75) is 44.4 Å². The van der Waals surface area contributed by atoms with E-state index in [-0.39, 0.29) is 5.91 Å². The molecule has 1 saturated carbocycles. The van der Waals surface area contributed by atoms with Crippen molar-refractivity contribution in [3.63, 3.8) is 0 Å². The zero-order valence-corrected chi connectivity index (χ0v) is 17.6. The number of ether oxygens (including phenoxy) is 2. The van der Waals surface area contributed by atoms with Gasteiger partial charge in [0.15, 0.2) is 5.79 Å². The summed E-state index contributed by atoms with van der Waals surface area (Å²) in [4.78, 5) is 20.3. The van der Waals surface area contributed by atoms with E-state index in [1.807, 2.05) is 41.4 Å². The number of nitrogens with zero attached hydrogens (tertiary/aromatic N) is 2. The highest BCUT2D eigenvalue weighted by Gasteiger charge is 2.64. The molecule has 5 rings (SSSR count). The van der Waals surface area contributed by atoms with E-state index in [4.69, 9.17) is 9.47 Å². The number of hydrogen-bond donors (Lipinski definition) is 0. The highest BCUT2D eigenvalue weighted by Crippen LogP contribution is 2.60. The van der Waals surface area contributed by atoms with E-state index in [0.717, 1.165) is 16.7 Å². The minimum Gasteiger partial charge on any atom is -0.347 e. The molecule has 1 amide bonds. The molecule has 0 N–H and O–H groups in total. The standard InChI is InChI=1S/C25H28N2O3/c1-23(2)21-10-14-27(18-19-7-6-13-26-17-19)22(28)24(21,20-8-4-3-5-9-20)11-12-25(23)29-15-16-30-25/h3-10,13,17H,11-12,14-16,18H2,1-2H3. The van der Waals surface area contributed by atoms with Crippen LogP contribution in [0.3, 0.4) is 0 Å². The molecule has 2 aliphatic heterocycles. The Kier molecular flexibility index (Phi) is 4.56. The molecule has 3 heterocycles. The van der Waals surface area contributed by atoms with Crippen molar-refractivity contribution in [1.29, 1.82) is 0 Å². The molecule has 2 aromatic rings. The second-order valence-corrected chi connectivity index (χ2v) is 9.01. The molecule has 1 spiro atoms. The average Bonchev–Trinajstić information content (AvgIpc) is 3.25. The van der Waals surface area contributed by atoms with Crippen molar-refractivity contribution < 1.29 is 14.3 Å². The molecule has 30 heavy (non-hydrogen) atoms. The number of rotatable bonds is 3. The van der Waals surface area contributed by atoms with Crippen molar-refractivity contribution in [1.82, 2.24) is 9.88 Å². The molecule has 2 fully saturated rings. The largest absolute Gasteiger partial charge is 0.347 e. The van der Waals surface area contributed by atoms with Gasteiger partial charge in [-0.1, -0.05) is 56.3 Å². The van der Waals surface area contributed by atoms with Crippen molar-refractivity contribution >= 4 is 5.91 Å². The minimum absolute atomic E-state index is 0.163. The molecular formula is C25H28N2O3. The summed E-state index contributed by atoms with van der Waals surface area (Å²) < 4.78 is 12.4. The SMILES string of the molecule is CC1(C)C2=CCN(Cc3cccnc3)C(=O)C2(c2ccccc2)CCC12OCCO2. The normalized spacial score (nSPS) is 27.1. The van der Waals surface area contributed by atoms with E-state index in [9.17, 15) is 4.79 Å².